The van der Waals surface area contributed by atoms with Crippen molar-refractivity contribution >= 4 is 29.3 Å². The molecule has 2 amide bonds. The predicted octanol–water partition coefficient (Wildman–Crippen LogP) is 2.06. The normalized spacial score (nSPS) is 20.7. The second kappa shape index (κ2) is 7.15. The lowest BCUT2D eigenvalue weighted by molar-refractivity contribution is -0.131. The second-order valence-corrected chi connectivity index (χ2v) is 6.73. The van der Waals surface area contributed by atoms with Crippen LogP contribution in [-0.4, -0.2) is 43.4 Å². The summed E-state index contributed by atoms with van der Waals surface area (Å²) in [5, 5.41) is 2.85. The smallest absolute Gasteiger partial charge is 0.252 e. The summed E-state index contributed by atoms with van der Waals surface area (Å²) < 4.78 is 4.11. The van der Waals surface area contributed by atoms with Crippen molar-refractivity contribution in [1.29, 1.82) is 0 Å². The van der Waals surface area contributed by atoms with E-state index in [-0.39, 0.29) is 11.8 Å². The molecule has 6 heteroatoms. The third-order valence-corrected chi connectivity index (χ3v) is 4.98. The number of nitrogens with zero attached hydrogens (tertiary/aromatic N) is 1. The number of rotatable bonds is 6. The van der Waals surface area contributed by atoms with E-state index in [9.17, 15) is 9.59 Å². The first-order valence-electron chi connectivity index (χ1n) is 7.43. The van der Waals surface area contributed by atoms with E-state index in [0.717, 1.165) is 17.0 Å². The molecule has 0 radical (unpaired) electrons. The van der Waals surface area contributed by atoms with Gasteiger partial charge in [0, 0.05) is 31.7 Å². The summed E-state index contributed by atoms with van der Waals surface area (Å²) in [6, 6.07) is 7.62. The maximum Gasteiger partial charge on any atom is 0.252 e. The molecule has 1 aliphatic rings. The second-order valence-electron chi connectivity index (χ2n) is 5.27. The minimum absolute atomic E-state index is 0.196. The largest absolute Gasteiger partial charge is 0.382 e. The van der Waals surface area contributed by atoms with Gasteiger partial charge in [-0.2, -0.15) is 0 Å². The van der Waals surface area contributed by atoms with Gasteiger partial charge in [-0.05, 0) is 32.4 Å². The molecule has 1 aromatic carbocycles. The number of para-hydroxylation sites is 1. The molecule has 1 aliphatic heterocycles. The lowest BCUT2D eigenvalue weighted by Crippen LogP contribution is -2.55. The van der Waals surface area contributed by atoms with E-state index in [2.05, 4.69) is 5.32 Å². The van der Waals surface area contributed by atoms with Crippen LogP contribution in [0.4, 0.5) is 5.69 Å². The number of ether oxygens (including phenoxy) is 1. The Bertz CT molecular complexity index is 564. The third kappa shape index (κ3) is 3.28. The van der Waals surface area contributed by atoms with Crippen molar-refractivity contribution in [2.45, 2.75) is 29.9 Å². The van der Waals surface area contributed by atoms with E-state index in [1.807, 2.05) is 31.2 Å². The summed E-state index contributed by atoms with van der Waals surface area (Å²) in [5.74, 6) is -0.446. The standard InChI is InChI=1S/C16H22N2O3S/c1-4-21-11-7-10-17-14(19)16(2)15(20)18(3)12-8-5-6-9-13(12)22-16/h5-6,8-9H,4,7,10-11H2,1-3H3,(H,17,19)/t16-/m0/s1. The quantitative estimate of drug-likeness (QED) is 0.643. The van der Waals surface area contributed by atoms with Crippen molar-refractivity contribution in [2.24, 2.45) is 0 Å². The summed E-state index contributed by atoms with van der Waals surface area (Å²) in [5.41, 5.74) is 0.846. The zero-order valence-corrected chi connectivity index (χ0v) is 14.0. The molecule has 22 heavy (non-hydrogen) atoms. The molecule has 0 fully saturated rings. The number of carbonyl (C=O) groups excluding carboxylic acids is 2. The maximum atomic E-state index is 12.6. The van der Waals surface area contributed by atoms with E-state index in [1.54, 1.807) is 18.9 Å². The fourth-order valence-electron chi connectivity index (χ4n) is 2.35. The topological polar surface area (TPSA) is 58.6 Å². The van der Waals surface area contributed by atoms with Crippen LogP contribution in [0, 0.1) is 0 Å². The lowest BCUT2D eigenvalue weighted by Gasteiger charge is -2.36. The van der Waals surface area contributed by atoms with Crippen molar-refractivity contribution < 1.29 is 14.3 Å². The highest BCUT2D eigenvalue weighted by molar-refractivity contribution is 8.02. The number of hydrogen-bond donors (Lipinski definition) is 1. The molecule has 0 spiro atoms. The average molecular weight is 322 g/mol. The van der Waals surface area contributed by atoms with Crippen LogP contribution in [0.5, 0.6) is 0 Å². The van der Waals surface area contributed by atoms with Gasteiger partial charge in [0.2, 0.25) is 5.91 Å². The van der Waals surface area contributed by atoms with Crippen molar-refractivity contribution in [3.05, 3.63) is 24.3 Å². The lowest BCUT2D eigenvalue weighted by atomic mass is 10.1. The molecule has 2 rings (SSSR count). The first kappa shape index (κ1) is 16.8. The minimum Gasteiger partial charge on any atom is -0.382 e. The van der Waals surface area contributed by atoms with Crippen molar-refractivity contribution in [3.63, 3.8) is 0 Å². The Balaban J connectivity index is 2.06. The number of hydrogen-bond acceptors (Lipinski definition) is 4. The number of nitrogens with one attached hydrogen (secondary N) is 1. The van der Waals surface area contributed by atoms with Crippen LogP contribution >= 0.6 is 11.8 Å². The summed E-state index contributed by atoms with van der Waals surface area (Å²) in [7, 11) is 1.71. The van der Waals surface area contributed by atoms with Gasteiger partial charge in [-0.3, -0.25) is 9.59 Å². The molecular weight excluding hydrogens is 300 g/mol. The van der Waals surface area contributed by atoms with Crippen molar-refractivity contribution in [3.8, 4) is 0 Å². The van der Waals surface area contributed by atoms with Crippen LogP contribution in [0.2, 0.25) is 0 Å². The number of fused-ring (bicyclic) bond motifs is 1. The number of amides is 2. The summed E-state index contributed by atoms with van der Waals surface area (Å²) in [6.45, 7) is 5.40. The highest BCUT2D eigenvalue weighted by Gasteiger charge is 2.47. The van der Waals surface area contributed by atoms with Gasteiger partial charge >= 0.3 is 0 Å². The zero-order valence-electron chi connectivity index (χ0n) is 13.2. The van der Waals surface area contributed by atoms with E-state index in [1.165, 1.54) is 11.8 Å². The molecule has 0 aromatic heterocycles. The maximum absolute atomic E-state index is 12.6. The number of benzene rings is 1. The molecule has 1 aromatic rings. The molecule has 0 aliphatic carbocycles. The van der Waals surface area contributed by atoms with Gasteiger partial charge in [-0.25, -0.2) is 0 Å². The van der Waals surface area contributed by atoms with E-state index >= 15 is 0 Å². The molecule has 5 nitrogen and oxygen atoms in total. The van der Waals surface area contributed by atoms with Gasteiger partial charge in [-0.15, -0.1) is 0 Å². The van der Waals surface area contributed by atoms with Gasteiger partial charge in [0.1, 0.15) is 0 Å². The molecule has 1 N–H and O–H groups in total. The van der Waals surface area contributed by atoms with E-state index in [0.29, 0.717) is 19.8 Å². The average Bonchev–Trinajstić information content (AvgIpc) is 2.52. The molecule has 0 unspecified atom stereocenters. The summed E-state index contributed by atoms with van der Waals surface area (Å²) in [4.78, 5) is 27.6. The molecule has 1 atom stereocenters. The fraction of sp³-hybridized carbons (Fsp3) is 0.500. The van der Waals surface area contributed by atoms with Gasteiger partial charge in [-0.1, -0.05) is 23.9 Å². The highest BCUT2D eigenvalue weighted by Crippen LogP contribution is 2.44. The van der Waals surface area contributed by atoms with Crippen LogP contribution < -0.4 is 10.2 Å². The number of anilines is 1. The first-order valence-corrected chi connectivity index (χ1v) is 8.24. The molecule has 0 bridgehead atoms. The van der Waals surface area contributed by atoms with Crippen LogP contribution in [0.25, 0.3) is 0 Å². The Morgan fingerprint density at radius 1 is 1.41 bits per heavy atom. The van der Waals surface area contributed by atoms with Crippen molar-refractivity contribution in [1.82, 2.24) is 5.32 Å². The zero-order chi connectivity index (χ0) is 16.2. The van der Waals surface area contributed by atoms with Crippen LogP contribution in [0.3, 0.4) is 0 Å². The Morgan fingerprint density at radius 2 is 2.14 bits per heavy atom. The van der Waals surface area contributed by atoms with Gasteiger partial charge in [0.15, 0.2) is 4.75 Å². The van der Waals surface area contributed by atoms with Crippen LogP contribution in [0.1, 0.15) is 20.3 Å². The van der Waals surface area contributed by atoms with Gasteiger partial charge in [0.05, 0.1) is 5.69 Å². The van der Waals surface area contributed by atoms with Gasteiger partial charge in [0.25, 0.3) is 5.91 Å². The Morgan fingerprint density at radius 3 is 2.86 bits per heavy atom. The first-order chi connectivity index (χ1) is 10.5. The minimum atomic E-state index is -1.13. The summed E-state index contributed by atoms with van der Waals surface area (Å²) >= 11 is 1.31. The monoisotopic (exact) mass is 322 g/mol. The third-order valence-electron chi connectivity index (χ3n) is 3.64. The van der Waals surface area contributed by atoms with Crippen LogP contribution in [0.15, 0.2) is 29.2 Å². The molecule has 1 heterocycles. The summed E-state index contributed by atoms with van der Waals surface area (Å²) in [6.07, 6.45) is 0.737. The van der Waals surface area contributed by atoms with Crippen LogP contribution in [-0.2, 0) is 14.3 Å². The molecule has 120 valence electrons. The predicted molar refractivity (Wildman–Crippen MR) is 88.2 cm³/mol. The Kier molecular flexibility index (Phi) is 5.47. The molecular formula is C16H22N2O3S. The fourth-order valence-corrected chi connectivity index (χ4v) is 3.63. The highest BCUT2D eigenvalue weighted by atomic mass is 32.2. The van der Waals surface area contributed by atoms with E-state index < -0.39 is 4.75 Å². The molecule has 0 saturated heterocycles. The van der Waals surface area contributed by atoms with E-state index in [4.69, 9.17) is 4.74 Å². The number of carbonyl (C=O) groups is 2. The number of thioether (sulfide) groups is 1. The van der Waals surface area contributed by atoms with Gasteiger partial charge < -0.3 is 15.0 Å². The van der Waals surface area contributed by atoms with Crippen molar-refractivity contribution in [2.75, 3.05) is 31.7 Å². The Labute approximate surface area is 135 Å². The SMILES string of the molecule is CCOCCCNC(=O)[C@]1(C)Sc2ccccc2N(C)C1=O. The molecule has 0 saturated carbocycles. The Hall–Kier alpha value is -1.53.